The Bertz CT molecular complexity index is 1010. The van der Waals surface area contributed by atoms with E-state index in [1.165, 1.54) is 23.5 Å². The van der Waals surface area contributed by atoms with Gasteiger partial charge in [-0.3, -0.25) is 4.79 Å². The predicted molar refractivity (Wildman–Crippen MR) is 128 cm³/mol. The molecule has 0 amide bonds. The number of aryl methyl sites for hydroxylation is 1. The fraction of sp³-hybridized carbons (Fsp3) is 0.542. The Morgan fingerprint density at radius 3 is 2.32 bits per heavy atom. The third-order valence-electron chi connectivity index (χ3n) is 5.08. The van der Waals surface area contributed by atoms with Crippen molar-refractivity contribution in [2.24, 2.45) is 0 Å². The van der Waals surface area contributed by atoms with Crippen molar-refractivity contribution < 1.29 is 31.3 Å². The molecule has 0 fully saturated rings. The van der Waals surface area contributed by atoms with Gasteiger partial charge in [0.05, 0.1) is 32.8 Å². The largest absolute Gasteiger partial charge is 0.493 e. The second-order valence-electron chi connectivity index (χ2n) is 9.24. The molecule has 0 saturated heterocycles. The number of Topliss-reactive ketones (excluding diaryl/α,β-unsaturated/α-hetero) is 1. The summed E-state index contributed by atoms with van der Waals surface area (Å²) in [6, 6.07) is 7.55. The highest BCUT2D eigenvalue weighted by Crippen LogP contribution is 2.33. The van der Waals surface area contributed by atoms with Gasteiger partial charge in [0, 0.05) is 29.3 Å². The van der Waals surface area contributed by atoms with Crippen LogP contribution in [0.4, 0.5) is 17.6 Å². The van der Waals surface area contributed by atoms with Crippen molar-refractivity contribution in [1.82, 2.24) is 4.72 Å². The molecule has 1 heterocycles. The molecule has 2 aromatic rings. The summed E-state index contributed by atoms with van der Waals surface area (Å²) in [6.07, 6.45) is -4.85. The molecule has 10 heteroatoms. The number of carbonyl (C=O) groups is 1. The van der Waals surface area contributed by atoms with Crippen LogP contribution in [0.3, 0.4) is 0 Å². The molecule has 4 nitrogen and oxygen atoms in total. The molecule has 0 aliphatic carbocycles. The van der Waals surface area contributed by atoms with Crippen molar-refractivity contribution in [3.05, 3.63) is 51.5 Å². The van der Waals surface area contributed by atoms with Gasteiger partial charge in [-0.2, -0.15) is 13.2 Å². The van der Waals surface area contributed by atoms with Crippen LogP contribution in [0.15, 0.2) is 30.3 Å². The smallest absolute Gasteiger partial charge is 0.389 e. The Balaban J connectivity index is 2.28. The Kier molecular flexibility index (Phi) is 9.46. The monoisotopic (exact) mass is 521 g/mol. The number of nitrogens with one attached hydrogen (secondary N) is 1. The Hall–Kier alpha value is -1.78. The minimum absolute atomic E-state index is 0.0832. The summed E-state index contributed by atoms with van der Waals surface area (Å²) in [5.41, 5.74) is -1.18. The van der Waals surface area contributed by atoms with Gasteiger partial charge in [-0.1, -0.05) is 13.0 Å². The molecule has 0 bridgehead atoms. The quantitative estimate of drug-likeness (QED) is 0.203. The lowest BCUT2D eigenvalue weighted by Gasteiger charge is -2.33. The number of rotatable bonds is 11. The summed E-state index contributed by atoms with van der Waals surface area (Å²) in [4.78, 5) is 14.6. The van der Waals surface area contributed by atoms with Crippen molar-refractivity contribution in [2.75, 3.05) is 6.61 Å². The van der Waals surface area contributed by atoms with Crippen LogP contribution >= 0.6 is 11.3 Å². The highest BCUT2D eigenvalue weighted by molar-refractivity contribution is 7.84. The third-order valence-corrected chi connectivity index (χ3v) is 8.10. The molecule has 0 aliphatic heterocycles. The van der Waals surface area contributed by atoms with Gasteiger partial charge in [0.15, 0.2) is 5.78 Å². The molecule has 34 heavy (non-hydrogen) atoms. The molecule has 1 aromatic heterocycles. The van der Waals surface area contributed by atoms with Gasteiger partial charge in [-0.05, 0) is 58.7 Å². The van der Waals surface area contributed by atoms with E-state index < -0.39 is 39.7 Å². The maximum absolute atomic E-state index is 15.2. The molecular formula is C24H31F4NO3S2. The Morgan fingerprint density at radius 2 is 1.79 bits per heavy atom. The number of ketones is 1. The van der Waals surface area contributed by atoms with E-state index >= 15 is 4.39 Å². The molecule has 0 radical (unpaired) electrons. The van der Waals surface area contributed by atoms with Gasteiger partial charge in [0.2, 0.25) is 0 Å². The van der Waals surface area contributed by atoms with E-state index in [-0.39, 0.29) is 36.5 Å². The summed E-state index contributed by atoms with van der Waals surface area (Å²) < 4.78 is 72.5. The zero-order valence-electron chi connectivity index (χ0n) is 20.0. The fourth-order valence-corrected chi connectivity index (χ4v) is 4.95. The van der Waals surface area contributed by atoms with E-state index in [1.54, 1.807) is 33.8 Å². The van der Waals surface area contributed by atoms with E-state index in [0.29, 0.717) is 4.88 Å². The standard InChI is InChI=1S/C24H31F4NO3S2/c1-6-17-9-11-21(33-17)20(30)15-23(5,29-34(31)22(2,3)4)18-10-8-16(14-19(18)25)32-13-7-12-24(26,27)28/h8-11,14,29H,6-7,12-13,15H2,1-5H3/t23-,34-/m0/s1. The number of alkyl halides is 3. The molecule has 2 atom stereocenters. The van der Waals surface area contributed by atoms with Gasteiger partial charge in [-0.15, -0.1) is 11.3 Å². The molecule has 0 aliphatic rings. The van der Waals surface area contributed by atoms with Gasteiger partial charge in [0.1, 0.15) is 11.6 Å². The molecule has 0 spiro atoms. The number of hydrogen-bond donors (Lipinski definition) is 1. The average Bonchev–Trinajstić information content (AvgIpc) is 3.19. The van der Waals surface area contributed by atoms with E-state index in [1.807, 2.05) is 13.0 Å². The number of benzene rings is 1. The van der Waals surface area contributed by atoms with Crippen LogP contribution in [0, 0.1) is 5.82 Å². The lowest BCUT2D eigenvalue weighted by Crippen LogP contribution is -2.47. The third kappa shape index (κ3) is 8.16. The van der Waals surface area contributed by atoms with Crippen LogP contribution in [0.2, 0.25) is 0 Å². The lowest BCUT2D eigenvalue weighted by molar-refractivity contribution is -0.136. The highest BCUT2D eigenvalue weighted by Gasteiger charge is 2.37. The molecule has 2 rings (SSSR count). The normalized spacial score (nSPS) is 15.1. The van der Waals surface area contributed by atoms with Crippen LogP contribution in [0.5, 0.6) is 5.75 Å². The minimum Gasteiger partial charge on any atom is -0.493 e. The fourth-order valence-electron chi connectivity index (χ4n) is 3.17. The summed E-state index contributed by atoms with van der Waals surface area (Å²) in [5, 5.41) is 0. The number of carbonyl (C=O) groups excluding carboxylic acids is 1. The Morgan fingerprint density at radius 1 is 1.12 bits per heavy atom. The molecule has 0 saturated carbocycles. The molecule has 1 aromatic carbocycles. The van der Waals surface area contributed by atoms with Crippen molar-refractivity contribution >= 4 is 28.1 Å². The summed E-state index contributed by atoms with van der Waals surface area (Å²) in [6.45, 7) is 8.68. The van der Waals surface area contributed by atoms with Crippen molar-refractivity contribution in [3.8, 4) is 5.75 Å². The maximum Gasteiger partial charge on any atom is 0.389 e. The zero-order chi connectivity index (χ0) is 25.7. The molecule has 190 valence electrons. The SMILES string of the molecule is CCc1ccc(C(=O)C[C@](C)(N[S@@](=O)C(C)(C)C)c2ccc(OCCCC(F)(F)F)cc2F)s1. The predicted octanol–water partition coefficient (Wildman–Crippen LogP) is 6.71. The highest BCUT2D eigenvalue weighted by atomic mass is 32.2. The van der Waals surface area contributed by atoms with Crippen molar-refractivity contribution in [3.63, 3.8) is 0 Å². The average molecular weight is 522 g/mol. The molecular weight excluding hydrogens is 490 g/mol. The van der Waals surface area contributed by atoms with Crippen LogP contribution in [-0.2, 0) is 22.9 Å². The number of halogens is 4. The van der Waals surface area contributed by atoms with Gasteiger partial charge in [-0.25, -0.2) is 13.3 Å². The van der Waals surface area contributed by atoms with Crippen LogP contribution in [-0.4, -0.2) is 27.5 Å². The summed E-state index contributed by atoms with van der Waals surface area (Å²) >= 11 is 1.37. The maximum atomic E-state index is 15.2. The topological polar surface area (TPSA) is 55.4 Å². The van der Waals surface area contributed by atoms with Crippen LogP contribution in [0.25, 0.3) is 0 Å². The van der Waals surface area contributed by atoms with E-state index in [2.05, 4.69) is 4.72 Å². The number of hydrogen-bond acceptors (Lipinski definition) is 4. The van der Waals surface area contributed by atoms with Crippen molar-refractivity contribution in [1.29, 1.82) is 0 Å². The van der Waals surface area contributed by atoms with Gasteiger partial charge < -0.3 is 4.74 Å². The van der Waals surface area contributed by atoms with Gasteiger partial charge in [0.25, 0.3) is 0 Å². The van der Waals surface area contributed by atoms with E-state index in [0.717, 1.165) is 17.4 Å². The molecule has 1 N–H and O–H groups in total. The van der Waals surface area contributed by atoms with E-state index in [9.17, 15) is 22.2 Å². The van der Waals surface area contributed by atoms with E-state index in [4.69, 9.17) is 4.74 Å². The van der Waals surface area contributed by atoms with Crippen molar-refractivity contribution in [2.45, 2.75) is 76.8 Å². The first-order chi connectivity index (χ1) is 15.6. The number of ether oxygens (including phenoxy) is 1. The Labute approximate surface area is 204 Å². The first kappa shape index (κ1) is 28.5. The summed E-state index contributed by atoms with van der Waals surface area (Å²) in [7, 11) is -1.61. The second-order valence-corrected chi connectivity index (χ2v) is 12.4. The first-order valence-electron chi connectivity index (χ1n) is 11.0. The minimum atomic E-state index is -4.28. The number of thiophene rings is 1. The zero-order valence-corrected chi connectivity index (χ0v) is 21.6. The molecule has 0 unspecified atom stereocenters. The van der Waals surface area contributed by atoms with Gasteiger partial charge >= 0.3 is 6.18 Å². The first-order valence-corrected chi connectivity index (χ1v) is 12.9. The lowest BCUT2D eigenvalue weighted by atomic mass is 9.87. The summed E-state index contributed by atoms with van der Waals surface area (Å²) in [5.74, 6) is -0.833. The van der Waals surface area contributed by atoms with Crippen LogP contribution < -0.4 is 9.46 Å². The van der Waals surface area contributed by atoms with Crippen LogP contribution in [0.1, 0.15) is 74.0 Å². The second kappa shape index (κ2) is 11.3.